The van der Waals surface area contributed by atoms with Crippen molar-refractivity contribution in [1.82, 2.24) is 0 Å². The zero-order chi connectivity index (χ0) is 11.6. The van der Waals surface area contributed by atoms with E-state index in [0.29, 0.717) is 0 Å². The average Bonchev–Trinajstić information content (AvgIpc) is 2.06. The van der Waals surface area contributed by atoms with E-state index < -0.39 is 18.7 Å². The second-order valence-corrected chi connectivity index (χ2v) is 3.84. The van der Waals surface area contributed by atoms with Crippen LogP contribution in [0.2, 0.25) is 10.0 Å². The first-order valence-electron chi connectivity index (χ1n) is 3.99. The molecule has 0 saturated carbocycles. The number of halogens is 5. The first kappa shape index (κ1) is 12.6. The summed E-state index contributed by atoms with van der Waals surface area (Å²) in [6, 6.07) is 4.01. The zero-order valence-electron chi connectivity index (χ0n) is 7.35. The fourth-order valence-electron chi connectivity index (χ4n) is 1.10. The van der Waals surface area contributed by atoms with Gasteiger partial charge in [0.2, 0.25) is 0 Å². The van der Waals surface area contributed by atoms with E-state index in [1.807, 2.05) is 0 Å². The highest BCUT2D eigenvalue weighted by Crippen LogP contribution is 2.33. The summed E-state index contributed by atoms with van der Waals surface area (Å²) in [7, 11) is 0. The van der Waals surface area contributed by atoms with Gasteiger partial charge in [-0.2, -0.15) is 13.2 Å². The fraction of sp³-hybridized carbons (Fsp3) is 0.333. The van der Waals surface area contributed by atoms with Gasteiger partial charge in [-0.1, -0.05) is 23.2 Å². The van der Waals surface area contributed by atoms with Gasteiger partial charge in [0.05, 0.1) is 12.5 Å². The van der Waals surface area contributed by atoms with Crippen LogP contribution in [0.1, 0.15) is 18.1 Å². The van der Waals surface area contributed by atoms with Gasteiger partial charge in [0, 0.05) is 15.6 Å². The van der Waals surface area contributed by atoms with E-state index >= 15 is 0 Å². The summed E-state index contributed by atoms with van der Waals surface area (Å²) in [5.74, 6) is 0. The summed E-state index contributed by atoms with van der Waals surface area (Å²) >= 11 is 11.2. The molecule has 0 heterocycles. The molecule has 0 aromatic heterocycles. The molecule has 0 radical (unpaired) electrons. The minimum atomic E-state index is -4.44. The van der Waals surface area contributed by atoms with Crippen molar-refractivity contribution in [2.24, 2.45) is 0 Å². The predicted molar refractivity (Wildman–Crippen MR) is 52.1 cm³/mol. The van der Waals surface area contributed by atoms with Gasteiger partial charge in [-0.05, 0) is 18.2 Å². The second-order valence-electron chi connectivity index (χ2n) is 3.00. The quantitative estimate of drug-likeness (QED) is 0.851. The van der Waals surface area contributed by atoms with Crippen molar-refractivity contribution in [1.29, 1.82) is 0 Å². The lowest BCUT2D eigenvalue weighted by Gasteiger charge is -2.14. The first-order valence-corrected chi connectivity index (χ1v) is 4.75. The van der Waals surface area contributed by atoms with Gasteiger partial charge in [0.1, 0.15) is 0 Å². The van der Waals surface area contributed by atoms with Crippen LogP contribution in [0.25, 0.3) is 0 Å². The largest absolute Gasteiger partial charge is 0.391 e. The van der Waals surface area contributed by atoms with E-state index in [9.17, 15) is 18.3 Å². The highest BCUT2D eigenvalue weighted by molar-refractivity contribution is 6.33. The molecule has 1 atom stereocenters. The number of benzene rings is 1. The molecule has 84 valence electrons. The lowest BCUT2D eigenvalue weighted by molar-refractivity contribution is -0.154. The first-order chi connectivity index (χ1) is 6.79. The third-order valence-electron chi connectivity index (χ3n) is 1.74. The number of rotatable bonds is 2. The minimum absolute atomic E-state index is 0.0125. The van der Waals surface area contributed by atoms with Crippen LogP contribution < -0.4 is 0 Å². The van der Waals surface area contributed by atoms with Gasteiger partial charge in [-0.15, -0.1) is 0 Å². The molecule has 0 aliphatic heterocycles. The molecule has 6 heteroatoms. The third kappa shape index (κ3) is 3.89. The van der Waals surface area contributed by atoms with Gasteiger partial charge in [0.25, 0.3) is 0 Å². The standard InChI is InChI=1S/C9H7Cl2F3O/c10-5-1-2-7(11)6(3-5)8(15)4-9(12,13)14/h1-3,8,15H,4H2. The van der Waals surface area contributed by atoms with E-state index in [4.69, 9.17) is 23.2 Å². The van der Waals surface area contributed by atoms with Gasteiger partial charge < -0.3 is 5.11 Å². The van der Waals surface area contributed by atoms with Crippen molar-refractivity contribution in [2.45, 2.75) is 18.7 Å². The molecule has 1 nitrogen and oxygen atoms in total. The maximum atomic E-state index is 12.0. The van der Waals surface area contributed by atoms with Crippen LogP contribution in [-0.4, -0.2) is 11.3 Å². The molecule has 0 saturated heterocycles. The second kappa shape index (κ2) is 4.60. The number of hydrogen-bond donors (Lipinski definition) is 1. The maximum Gasteiger partial charge on any atom is 0.391 e. The Labute approximate surface area is 94.4 Å². The summed E-state index contributed by atoms with van der Waals surface area (Å²) in [5.41, 5.74) is -0.0125. The summed E-state index contributed by atoms with van der Waals surface area (Å²) < 4.78 is 36.0. The molecule has 1 N–H and O–H groups in total. The highest BCUT2D eigenvalue weighted by Gasteiger charge is 2.32. The van der Waals surface area contributed by atoms with E-state index in [-0.39, 0.29) is 15.6 Å². The van der Waals surface area contributed by atoms with Gasteiger partial charge >= 0.3 is 6.18 Å². The molecule has 0 bridgehead atoms. The van der Waals surface area contributed by atoms with E-state index in [1.165, 1.54) is 18.2 Å². The Bertz CT molecular complexity index is 352. The van der Waals surface area contributed by atoms with Crippen LogP contribution in [-0.2, 0) is 0 Å². The van der Waals surface area contributed by atoms with Crippen molar-refractivity contribution in [3.05, 3.63) is 33.8 Å². The molecule has 0 fully saturated rings. The Morgan fingerprint density at radius 3 is 2.40 bits per heavy atom. The van der Waals surface area contributed by atoms with Crippen molar-refractivity contribution in [2.75, 3.05) is 0 Å². The van der Waals surface area contributed by atoms with Crippen LogP contribution in [0.5, 0.6) is 0 Å². The molecular formula is C9H7Cl2F3O. The Hall–Kier alpha value is -0.450. The van der Waals surface area contributed by atoms with E-state index in [1.54, 1.807) is 0 Å². The van der Waals surface area contributed by atoms with Gasteiger partial charge in [-0.3, -0.25) is 0 Å². The van der Waals surface area contributed by atoms with Crippen LogP contribution >= 0.6 is 23.2 Å². The molecule has 0 aliphatic rings. The Kier molecular flexibility index (Phi) is 3.87. The monoisotopic (exact) mass is 258 g/mol. The Morgan fingerprint density at radius 2 is 1.87 bits per heavy atom. The van der Waals surface area contributed by atoms with Crippen molar-refractivity contribution < 1.29 is 18.3 Å². The number of hydrogen-bond acceptors (Lipinski definition) is 1. The maximum absolute atomic E-state index is 12.0. The van der Waals surface area contributed by atoms with Crippen molar-refractivity contribution >= 4 is 23.2 Å². The molecule has 1 rings (SSSR count). The molecule has 0 aliphatic carbocycles. The molecule has 15 heavy (non-hydrogen) atoms. The molecule has 1 aromatic carbocycles. The predicted octanol–water partition coefficient (Wildman–Crippen LogP) is 3.98. The van der Waals surface area contributed by atoms with Crippen molar-refractivity contribution in [3.63, 3.8) is 0 Å². The normalized spacial score (nSPS) is 14.0. The van der Waals surface area contributed by atoms with Crippen LogP contribution in [0, 0.1) is 0 Å². The minimum Gasteiger partial charge on any atom is -0.388 e. The average molecular weight is 259 g/mol. The lowest BCUT2D eigenvalue weighted by atomic mass is 10.1. The lowest BCUT2D eigenvalue weighted by Crippen LogP contribution is -2.13. The SMILES string of the molecule is OC(CC(F)(F)F)c1cc(Cl)ccc1Cl. The number of alkyl halides is 3. The van der Waals surface area contributed by atoms with E-state index in [2.05, 4.69) is 0 Å². The summed E-state index contributed by atoms with van der Waals surface area (Å²) in [5, 5.41) is 9.60. The highest BCUT2D eigenvalue weighted by atomic mass is 35.5. The molecular weight excluding hydrogens is 252 g/mol. The smallest absolute Gasteiger partial charge is 0.388 e. The Morgan fingerprint density at radius 1 is 1.27 bits per heavy atom. The van der Waals surface area contributed by atoms with Crippen LogP contribution in [0.3, 0.4) is 0 Å². The third-order valence-corrected chi connectivity index (χ3v) is 2.32. The summed E-state index contributed by atoms with van der Waals surface area (Å²) in [6.07, 6.45) is -7.46. The Balaban J connectivity index is 2.90. The summed E-state index contributed by atoms with van der Waals surface area (Å²) in [6.45, 7) is 0. The number of aliphatic hydroxyl groups excluding tert-OH is 1. The fourth-order valence-corrected chi connectivity index (χ4v) is 1.52. The number of aliphatic hydroxyl groups is 1. The zero-order valence-corrected chi connectivity index (χ0v) is 8.87. The molecule has 0 amide bonds. The van der Waals surface area contributed by atoms with Gasteiger partial charge in [-0.25, -0.2) is 0 Å². The van der Waals surface area contributed by atoms with E-state index in [0.717, 1.165) is 0 Å². The summed E-state index contributed by atoms with van der Waals surface area (Å²) in [4.78, 5) is 0. The van der Waals surface area contributed by atoms with Crippen LogP contribution in [0.4, 0.5) is 13.2 Å². The van der Waals surface area contributed by atoms with Gasteiger partial charge in [0.15, 0.2) is 0 Å². The molecule has 0 spiro atoms. The van der Waals surface area contributed by atoms with Crippen LogP contribution in [0.15, 0.2) is 18.2 Å². The van der Waals surface area contributed by atoms with Crippen molar-refractivity contribution in [3.8, 4) is 0 Å². The molecule has 1 unspecified atom stereocenters. The topological polar surface area (TPSA) is 20.2 Å². The molecule has 1 aromatic rings.